The summed E-state index contributed by atoms with van der Waals surface area (Å²) >= 11 is 1.95. The van der Waals surface area contributed by atoms with Gasteiger partial charge in [-0.15, -0.1) is 0 Å². The molecule has 0 atom stereocenters. The Bertz CT molecular complexity index is 105. The molecule has 0 aromatic carbocycles. The summed E-state index contributed by atoms with van der Waals surface area (Å²) in [4.78, 5) is 5.49. The molecule has 0 radical (unpaired) electrons. The number of hydroxylamine groups is 1. The molecule has 0 aromatic rings. The topological polar surface area (TPSA) is 21.3 Å². The predicted molar refractivity (Wildman–Crippen MR) is 54.3 cm³/mol. The second-order valence-electron chi connectivity index (χ2n) is 3.12. The molecule has 0 aromatic heterocycles. The largest absolute Gasteiger partial charge is 0.298 e. The van der Waals surface area contributed by atoms with Gasteiger partial charge in [-0.1, -0.05) is 19.8 Å². The van der Waals surface area contributed by atoms with Crippen LogP contribution >= 0.6 is 11.8 Å². The number of hydrogen-bond donors (Lipinski definition) is 1. The molecule has 0 spiro atoms. The van der Waals surface area contributed by atoms with E-state index < -0.39 is 0 Å². The van der Waals surface area contributed by atoms with Crippen LogP contribution in [0.2, 0.25) is 0 Å². The van der Waals surface area contributed by atoms with Gasteiger partial charge in [-0.3, -0.25) is 4.84 Å². The van der Waals surface area contributed by atoms with Crippen molar-refractivity contribution >= 4 is 11.8 Å². The molecule has 2 nitrogen and oxygen atoms in total. The third-order valence-corrected chi connectivity index (χ3v) is 3.01. The SMILES string of the molecule is CCSCCNOC1CCCC1. The highest BCUT2D eigenvalue weighted by Gasteiger charge is 2.14. The van der Waals surface area contributed by atoms with Crippen LogP contribution in [-0.2, 0) is 4.84 Å². The van der Waals surface area contributed by atoms with Gasteiger partial charge in [0.1, 0.15) is 0 Å². The van der Waals surface area contributed by atoms with Crippen LogP contribution in [0.4, 0.5) is 0 Å². The zero-order chi connectivity index (χ0) is 8.65. The third-order valence-electron chi connectivity index (χ3n) is 2.10. The van der Waals surface area contributed by atoms with E-state index in [1.165, 1.54) is 31.4 Å². The maximum Gasteiger partial charge on any atom is 0.0790 e. The highest BCUT2D eigenvalue weighted by molar-refractivity contribution is 7.99. The second kappa shape index (κ2) is 6.75. The molecule has 0 saturated heterocycles. The highest BCUT2D eigenvalue weighted by Crippen LogP contribution is 2.19. The van der Waals surface area contributed by atoms with Gasteiger partial charge in [0.05, 0.1) is 6.10 Å². The Morgan fingerprint density at radius 3 is 2.83 bits per heavy atom. The number of nitrogens with one attached hydrogen (secondary N) is 1. The zero-order valence-electron chi connectivity index (χ0n) is 7.84. The molecule has 0 unspecified atom stereocenters. The molecule has 1 N–H and O–H groups in total. The average molecular weight is 189 g/mol. The molecule has 3 heteroatoms. The van der Waals surface area contributed by atoms with Gasteiger partial charge in [-0.05, 0) is 18.6 Å². The average Bonchev–Trinajstić information content (AvgIpc) is 2.57. The molecule has 1 fully saturated rings. The van der Waals surface area contributed by atoms with Crippen LogP contribution in [0, 0.1) is 0 Å². The molecule has 1 saturated carbocycles. The summed E-state index contributed by atoms with van der Waals surface area (Å²) in [6, 6.07) is 0. The lowest BCUT2D eigenvalue weighted by atomic mass is 10.3. The van der Waals surface area contributed by atoms with Crippen LogP contribution in [-0.4, -0.2) is 24.2 Å². The molecule has 72 valence electrons. The lowest BCUT2D eigenvalue weighted by molar-refractivity contribution is -0.0173. The normalized spacial score (nSPS) is 18.8. The fourth-order valence-corrected chi connectivity index (χ4v) is 1.96. The maximum absolute atomic E-state index is 5.49. The molecule has 12 heavy (non-hydrogen) atoms. The van der Waals surface area contributed by atoms with Crippen molar-refractivity contribution < 1.29 is 4.84 Å². The first-order valence-electron chi connectivity index (χ1n) is 4.89. The lowest BCUT2D eigenvalue weighted by Gasteiger charge is -2.10. The zero-order valence-corrected chi connectivity index (χ0v) is 8.66. The molecule has 0 heterocycles. The summed E-state index contributed by atoms with van der Waals surface area (Å²) in [5.41, 5.74) is 3.04. The van der Waals surface area contributed by atoms with E-state index in [1.54, 1.807) is 0 Å². The van der Waals surface area contributed by atoms with Crippen molar-refractivity contribution in [1.82, 2.24) is 5.48 Å². The van der Waals surface area contributed by atoms with E-state index in [1.807, 2.05) is 11.8 Å². The van der Waals surface area contributed by atoms with Crippen molar-refractivity contribution in [3.05, 3.63) is 0 Å². The van der Waals surface area contributed by atoms with Gasteiger partial charge in [0.15, 0.2) is 0 Å². The first kappa shape index (κ1) is 10.4. The van der Waals surface area contributed by atoms with Gasteiger partial charge in [0, 0.05) is 12.3 Å². The molecule has 0 aliphatic heterocycles. The van der Waals surface area contributed by atoms with E-state index in [2.05, 4.69) is 12.4 Å². The fourth-order valence-electron chi connectivity index (χ4n) is 1.44. The standard InChI is InChI=1S/C9H19NOS/c1-2-12-8-7-10-11-9-5-3-4-6-9/h9-10H,2-8H2,1H3. The van der Waals surface area contributed by atoms with Gasteiger partial charge < -0.3 is 0 Å². The van der Waals surface area contributed by atoms with Crippen molar-refractivity contribution in [2.24, 2.45) is 0 Å². The second-order valence-corrected chi connectivity index (χ2v) is 4.51. The van der Waals surface area contributed by atoms with Gasteiger partial charge in [0.2, 0.25) is 0 Å². The van der Waals surface area contributed by atoms with E-state index in [0.29, 0.717) is 6.10 Å². The van der Waals surface area contributed by atoms with Crippen molar-refractivity contribution in [3.63, 3.8) is 0 Å². The van der Waals surface area contributed by atoms with Crippen LogP contribution in [0.1, 0.15) is 32.6 Å². The fraction of sp³-hybridized carbons (Fsp3) is 1.00. The van der Waals surface area contributed by atoms with Crippen molar-refractivity contribution in [3.8, 4) is 0 Å². The Kier molecular flexibility index (Phi) is 5.82. The Balaban J connectivity index is 1.81. The van der Waals surface area contributed by atoms with Gasteiger partial charge >= 0.3 is 0 Å². The summed E-state index contributed by atoms with van der Waals surface area (Å²) in [6.45, 7) is 3.16. The van der Waals surface area contributed by atoms with Gasteiger partial charge in [-0.2, -0.15) is 11.8 Å². The molecular weight excluding hydrogens is 170 g/mol. The van der Waals surface area contributed by atoms with E-state index >= 15 is 0 Å². The number of hydrogen-bond acceptors (Lipinski definition) is 3. The van der Waals surface area contributed by atoms with Crippen molar-refractivity contribution in [2.45, 2.75) is 38.7 Å². The van der Waals surface area contributed by atoms with E-state index in [4.69, 9.17) is 4.84 Å². The molecular formula is C9H19NOS. The third kappa shape index (κ3) is 4.33. The molecule has 0 bridgehead atoms. The number of thioether (sulfide) groups is 1. The minimum Gasteiger partial charge on any atom is -0.298 e. The Labute approximate surface area is 79.4 Å². The van der Waals surface area contributed by atoms with Gasteiger partial charge in [0.25, 0.3) is 0 Å². The van der Waals surface area contributed by atoms with Crippen molar-refractivity contribution in [1.29, 1.82) is 0 Å². The number of rotatable bonds is 6. The van der Waals surface area contributed by atoms with Crippen LogP contribution < -0.4 is 5.48 Å². The van der Waals surface area contributed by atoms with Crippen molar-refractivity contribution in [2.75, 3.05) is 18.1 Å². The smallest absolute Gasteiger partial charge is 0.0790 e. The van der Waals surface area contributed by atoms with Crippen LogP contribution in [0.15, 0.2) is 0 Å². The summed E-state index contributed by atoms with van der Waals surface area (Å²) in [5, 5.41) is 0. The minimum atomic E-state index is 0.497. The predicted octanol–water partition coefficient (Wildman–Crippen LogP) is 2.20. The Morgan fingerprint density at radius 2 is 2.17 bits per heavy atom. The molecule has 1 aliphatic carbocycles. The summed E-state index contributed by atoms with van der Waals surface area (Å²) in [7, 11) is 0. The quantitative estimate of drug-likeness (QED) is 0.511. The van der Waals surface area contributed by atoms with Crippen LogP contribution in [0.3, 0.4) is 0 Å². The Hall–Kier alpha value is 0.270. The summed E-state index contributed by atoms with van der Waals surface area (Å²) < 4.78 is 0. The molecule has 1 aliphatic rings. The first-order valence-corrected chi connectivity index (χ1v) is 6.05. The van der Waals surface area contributed by atoms with Crippen LogP contribution in [0.25, 0.3) is 0 Å². The Morgan fingerprint density at radius 1 is 1.42 bits per heavy atom. The lowest BCUT2D eigenvalue weighted by Crippen LogP contribution is -2.23. The van der Waals surface area contributed by atoms with Gasteiger partial charge in [-0.25, -0.2) is 5.48 Å². The van der Waals surface area contributed by atoms with E-state index in [-0.39, 0.29) is 0 Å². The van der Waals surface area contributed by atoms with Crippen LogP contribution in [0.5, 0.6) is 0 Å². The maximum atomic E-state index is 5.49. The molecule has 0 amide bonds. The van der Waals surface area contributed by atoms with E-state index in [9.17, 15) is 0 Å². The summed E-state index contributed by atoms with van der Waals surface area (Å²) in [6.07, 6.45) is 5.67. The molecule has 1 rings (SSSR count). The first-order chi connectivity index (χ1) is 5.93. The minimum absolute atomic E-state index is 0.497. The van der Waals surface area contributed by atoms with E-state index in [0.717, 1.165) is 12.3 Å². The highest BCUT2D eigenvalue weighted by atomic mass is 32.2. The monoisotopic (exact) mass is 189 g/mol. The summed E-state index contributed by atoms with van der Waals surface area (Å²) in [5.74, 6) is 2.36.